The quantitative estimate of drug-likeness (QED) is 0.176. The van der Waals surface area contributed by atoms with Crippen molar-refractivity contribution in [1.82, 2.24) is 9.80 Å². The van der Waals surface area contributed by atoms with Gasteiger partial charge in [0.2, 0.25) is 5.91 Å². The third-order valence-corrected chi connectivity index (χ3v) is 8.26. The Morgan fingerprint density at radius 1 is 0.929 bits per heavy atom. The maximum absolute atomic E-state index is 13.2. The number of hydrogen-bond donors (Lipinski definition) is 1. The zero-order valence-electron chi connectivity index (χ0n) is 23.7. The molecule has 5 rings (SSSR count). The van der Waals surface area contributed by atoms with Gasteiger partial charge < -0.3 is 24.6 Å². The first-order valence-corrected chi connectivity index (χ1v) is 15.1. The van der Waals surface area contributed by atoms with E-state index in [1.54, 1.807) is 29.2 Å². The summed E-state index contributed by atoms with van der Waals surface area (Å²) in [6.45, 7) is 7.63. The summed E-state index contributed by atoms with van der Waals surface area (Å²) in [6, 6.07) is 22.1. The van der Waals surface area contributed by atoms with Crippen molar-refractivity contribution in [3.63, 3.8) is 0 Å². The fourth-order valence-electron chi connectivity index (χ4n) is 4.66. The molecule has 42 heavy (non-hydrogen) atoms. The number of carbonyl (C=O) groups is 2. The van der Waals surface area contributed by atoms with Crippen molar-refractivity contribution >= 4 is 57.6 Å². The molecule has 3 aromatic carbocycles. The number of rotatable bonds is 10. The molecule has 0 radical (unpaired) electrons. The number of ether oxygens (including phenoxy) is 2. The van der Waals surface area contributed by atoms with Gasteiger partial charge in [0, 0.05) is 45.3 Å². The summed E-state index contributed by atoms with van der Waals surface area (Å²) in [7, 11) is 2.16. The number of amides is 2. The summed E-state index contributed by atoms with van der Waals surface area (Å²) in [5.74, 6) is 1.82. The van der Waals surface area contributed by atoms with Crippen LogP contribution in [-0.2, 0) is 9.59 Å². The summed E-state index contributed by atoms with van der Waals surface area (Å²) in [6.07, 6.45) is 2.81. The molecule has 2 fully saturated rings. The minimum atomic E-state index is -0.148. The molecule has 0 atom stereocenters. The second-order valence-electron chi connectivity index (χ2n) is 10.2. The number of thiocarbonyl (C=S) groups is 1. The zero-order chi connectivity index (χ0) is 29.5. The van der Waals surface area contributed by atoms with E-state index in [4.69, 9.17) is 21.7 Å². The van der Waals surface area contributed by atoms with E-state index in [2.05, 4.69) is 22.2 Å². The lowest BCUT2D eigenvalue weighted by Crippen LogP contribution is -2.44. The van der Waals surface area contributed by atoms with Crippen molar-refractivity contribution in [2.45, 2.75) is 13.3 Å². The van der Waals surface area contributed by atoms with Crippen molar-refractivity contribution in [2.24, 2.45) is 0 Å². The second-order valence-corrected chi connectivity index (χ2v) is 11.9. The van der Waals surface area contributed by atoms with Crippen LogP contribution in [-0.4, -0.2) is 72.3 Å². The Morgan fingerprint density at radius 3 is 2.19 bits per heavy atom. The average molecular weight is 603 g/mol. The molecular formula is C32H34N4O4S2. The van der Waals surface area contributed by atoms with Gasteiger partial charge in [-0.1, -0.05) is 36.1 Å². The molecule has 0 bridgehead atoms. The van der Waals surface area contributed by atoms with Crippen molar-refractivity contribution in [2.75, 3.05) is 56.6 Å². The number of nitrogens with zero attached hydrogens (tertiary/aromatic N) is 3. The monoisotopic (exact) mass is 602 g/mol. The number of benzene rings is 3. The first-order chi connectivity index (χ1) is 20.3. The van der Waals surface area contributed by atoms with Crippen LogP contribution < -0.4 is 19.7 Å². The lowest BCUT2D eigenvalue weighted by molar-refractivity contribution is -0.114. The molecule has 1 N–H and O–H groups in total. The smallest absolute Gasteiger partial charge is 0.270 e. The van der Waals surface area contributed by atoms with Crippen molar-refractivity contribution in [1.29, 1.82) is 0 Å². The van der Waals surface area contributed by atoms with Gasteiger partial charge in [-0.3, -0.25) is 14.5 Å². The molecule has 2 heterocycles. The van der Waals surface area contributed by atoms with Gasteiger partial charge in [-0.05, 0) is 85.8 Å². The van der Waals surface area contributed by atoms with Crippen molar-refractivity contribution in [3.05, 3.63) is 83.3 Å². The summed E-state index contributed by atoms with van der Waals surface area (Å²) in [5.41, 5.74) is 2.29. The first-order valence-electron chi connectivity index (χ1n) is 13.9. The predicted molar refractivity (Wildman–Crippen MR) is 173 cm³/mol. The number of anilines is 2. The highest BCUT2D eigenvalue weighted by atomic mass is 32.2. The van der Waals surface area contributed by atoms with Gasteiger partial charge in [-0.2, -0.15) is 0 Å². The standard InChI is InChI=1S/C32H34N4O4S2/c1-23(37)33-25-6-12-29(13-7-25)40-28-10-4-24(5-11-28)22-30-31(38)36(32(41)42-30)26-8-14-27(15-9-26)39-21-3-16-35-19-17-34(2)18-20-35/h4-15,22H,3,16-21H2,1-2H3,(H,33,37). The van der Waals surface area contributed by atoms with Crippen LogP contribution in [0, 0.1) is 0 Å². The second kappa shape index (κ2) is 14.0. The van der Waals surface area contributed by atoms with E-state index >= 15 is 0 Å². The summed E-state index contributed by atoms with van der Waals surface area (Å²) >= 11 is 6.84. The predicted octanol–water partition coefficient (Wildman–Crippen LogP) is 5.86. The van der Waals surface area contributed by atoms with E-state index in [0.717, 1.165) is 56.1 Å². The lowest BCUT2D eigenvalue weighted by atomic mass is 10.2. The minimum absolute atomic E-state index is 0.123. The van der Waals surface area contributed by atoms with Gasteiger partial charge in [-0.25, -0.2) is 0 Å². The normalized spacial score (nSPS) is 17.1. The van der Waals surface area contributed by atoms with Crippen molar-refractivity contribution < 1.29 is 19.1 Å². The fourth-order valence-corrected chi connectivity index (χ4v) is 5.96. The molecule has 8 nitrogen and oxygen atoms in total. The molecule has 0 saturated carbocycles. The first kappa shape index (κ1) is 29.8. The molecule has 3 aromatic rings. The van der Waals surface area contributed by atoms with Crippen LogP contribution >= 0.6 is 24.0 Å². The van der Waals surface area contributed by atoms with E-state index in [-0.39, 0.29) is 11.8 Å². The molecule has 2 aliphatic rings. The Hall–Kier alpha value is -3.70. The summed E-state index contributed by atoms with van der Waals surface area (Å²) in [5, 5.41) is 2.73. The van der Waals surface area contributed by atoms with E-state index in [1.807, 2.05) is 54.6 Å². The topological polar surface area (TPSA) is 74.3 Å². The SMILES string of the molecule is CC(=O)Nc1ccc(Oc2ccc(C=C3SC(=S)N(c4ccc(OCCCN5CCN(C)CC5)cc4)C3=O)cc2)cc1. The molecule has 2 aliphatic heterocycles. The van der Waals surface area contributed by atoms with Gasteiger partial charge in [-0.15, -0.1) is 0 Å². The number of nitrogens with one attached hydrogen (secondary N) is 1. The average Bonchev–Trinajstić information content (AvgIpc) is 3.26. The number of carbonyl (C=O) groups excluding carboxylic acids is 2. The van der Waals surface area contributed by atoms with Crippen molar-refractivity contribution in [3.8, 4) is 17.2 Å². The summed E-state index contributed by atoms with van der Waals surface area (Å²) in [4.78, 5) is 31.4. The molecule has 0 aromatic heterocycles. The minimum Gasteiger partial charge on any atom is -0.494 e. The van der Waals surface area contributed by atoms with E-state index in [0.29, 0.717) is 33.0 Å². The largest absolute Gasteiger partial charge is 0.494 e. The molecule has 0 spiro atoms. The maximum Gasteiger partial charge on any atom is 0.270 e. The highest BCUT2D eigenvalue weighted by molar-refractivity contribution is 8.27. The van der Waals surface area contributed by atoms with E-state index in [1.165, 1.54) is 18.7 Å². The fraction of sp³-hybridized carbons (Fsp3) is 0.281. The Morgan fingerprint density at radius 2 is 1.55 bits per heavy atom. The molecule has 0 aliphatic carbocycles. The van der Waals surface area contributed by atoms with Crippen LogP contribution in [0.25, 0.3) is 6.08 Å². The number of hydrogen-bond acceptors (Lipinski definition) is 8. The third-order valence-electron chi connectivity index (χ3n) is 6.96. The maximum atomic E-state index is 13.2. The zero-order valence-corrected chi connectivity index (χ0v) is 25.4. The van der Waals surface area contributed by atoms with Crippen LogP contribution in [0.5, 0.6) is 17.2 Å². The number of piperazine rings is 1. The number of thioether (sulfide) groups is 1. The molecular weight excluding hydrogens is 569 g/mol. The van der Waals surface area contributed by atoms with Crippen LogP contribution in [0.15, 0.2) is 77.7 Å². The molecule has 218 valence electrons. The van der Waals surface area contributed by atoms with Crippen LogP contribution in [0.3, 0.4) is 0 Å². The Kier molecular flexibility index (Phi) is 9.91. The Bertz CT molecular complexity index is 1430. The van der Waals surface area contributed by atoms with Crippen LogP contribution in [0.2, 0.25) is 0 Å². The van der Waals surface area contributed by atoms with Gasteiger partial charge in [0.25, 0.3) is 5.91 Å². The summed E-state index contributed by atoms with van der Waals surface area (Å²) < 4.78 is 12.3. The van der Waals surface area contributed by atoms with Crippen LogP contribution in [0.1, 0.15) is 18.9 Å². The van der Waals surface area contributed by atoms with Gasteiger partial charge in [0.15, 0.2) is 4.32 Å². The van der Waals surface area contributed by atoms with Gasteiger partial charge >= 0.3 is 0 Å². The Balaban J connectivity index is 1.13. The molecule has 10 heteroatoms. The van der Waals surface area contributed by atoms with E-state index in [9.17, 15) is 9.59 Å². The van der Waals surface area contributed by atoms with Gasteiger partial charge in [0.05, 0.1) is 17.2 Å². The molecule has 2 amide bonds. The van der Waals surface area contributed by atoms with Gasteiger partial charge in [0.1, 0.15) is 17.2 Å². The Labute approximate surface area is 256 Å². The molecule has 2 saturated heterocycles. The molecule has 0 unspecified atom stereocenters. The highest BCUT2D eigenvalue weighted by Gasteiger charge is 2.33. The third kappa shape index (κ3) is 7.98. The number of likely N-dealkylation sites (N-methyl/N-ethyl adjacent to an activating group) is 1. The lowest BCUT2D eigenvalue weighted by Gasteiger charge is -2.32. The van der Waals surface area contributed by atoms with Crippen LogP contribution in [0.4, 0.5) is 11.4 Å². The highest BCUT2D eigenvalue weighted by Crippen LogP contribution is 2.37. The van der Waals surface area contributed by atoms with E-state index < -0.39 is 0 Å².